The van der Waals surface area contributed by atoms with Gasteiger partial charge in [0.1, 0.15) is 0 Å². The van der Waals surface area contributed by atoms with Crippen molar-refractivity contribution in [2.45, 2.75) is 5.92 Å². The number of aromatic nitrogens is 2. The smallest absolute Gasteiger partial charge is 0.312 e. The van der Waals surface area contributed by atoms with E-state index in [4.69, 9.17) is 5.84 Å². The van der Waals surface area contributed by atoms with Crippen molar-refractivity contribution in [2.75, 3.05) is 11.9 Å². The van der Waals surface area contributed by atoms with Crippen molar-refractivity contribution in [3.05, 3.63) is 126 Å². The first-order chi connectivity index (χ1) is 19.5. The molecule has 2 heterocycles. The van der Waals surface area contributed by atoms with Crippen molar-refractivity contribution in [3.63, 3.8) is 0 Å². The highest BCUT2D eigenvalue weighted by molar-refractivity contribution is 6.06. The third-order valence-corrected chi connectivity index (χ3v) is 6.41. The molecule has 1 amide bonds. The molecular weight excluding hydrogens is 502 g/mol. The van der Waals surface area contributed by atoms with E-state index in [1.54, 1.807) is 24.5 Å². The summed E-state index contributed by atoms with van der Waals surface area (Å²) in [5.74, 6) is 9.75. The molecule has 3 aromatic carbocycles. The summed E-state index contributed by atoms with van der Waals surface area (Å²) in [6, 6.07) is 27.8. The van der Waals surface area contributed by atoms with E-state index in [2.05, 4.69) is 32.6 Å². The second-order valence-corrected chi connectivity index (χ2v) is 9.01. The Balaban J connectivity index is 1.27. The molecular formula is C32H25N5O3. The highest BCUT2D eigenvalue weighted by Crippen LogP contribution is 2.25. The van der Waals surface area contributed by atoms with Crippen molar-refractivity contribution < 1.29 is 14.7 Å². The lowest BCUT2D eigenvalue weighted by atomic mass is 9.99. The number of carbonyl (C=O) groups excluding carboxylic acids is 1. The topological polar surface area (TPSA) is 130 Å². The van der Waals surface area contributed by atoms with Crippen molar-refractivity contribution >= 4 is 28.5 Å². The first-order valence-electron chi connectivity index (χ1n) is 12.5. The van der Waals surface area contributed by atoms with Gasteiger partial charge in [-0.1, -0.05) is 54.3 Å². The van der Waals surface area contributed by atoms with E-state index in [9.17, 15) is 14.7 Å². The number of fused-ring (bicyclic) bond motifs is 1. The minimum Gasteiger partial charge on any atom is -0.481 e. The maximum atomic E-state index is 12.3. The van der Waals surface area contributed by atoms with Crippen LogP contribution in [-0.4, -0.2) is 33.5 Å². The summed E-state index contributed by atoms with van der Waals surface area (Å²) in [6.07, 6.45) is 3.22. The fourth-order valence-electron chi connectivity index (χ4n) is 4.28. The quantitative estimate of drug-likeness (QED) is 0.105. The molecule has 0 saturated carbocycles. The molecule has 40 heavy (non-hydrogen) atoms. The fraction of sp³-hybridized carbons (Fsp3) is 0.0625. The number of nitrogens with two attached hydrogens (primary N) is 1. The normalized spacial score (nSPS) is 11.2. The number of hydrogen-bond donors (Lipinski definition) is 4. The molecule has 0 radical (unpaired) electrons. The highest BCUT2D eigenvalue weighted by atomic mass is 16.4. The van der Waals surface area contributed by atoms with Crippen LogP contribution in [0.3, 0.4) is 0 Å². The maximum Gasteiger partial charge on any atom is 0.312 e. The Bertz CT molecular complexity index is 1730. The largest absolute Gasteiger partial charge is 0.481 e. The predicted molar refractivity (Wildman–Crippen MR) is 154 cm³/mol. The molecule has 1 unspecified atom stereocenters. The minimum absolute atomic E-state index is 0.276. The second kappa shape index (κ2) is 11.9. The lowest BCUT2D eigenvalue weighted by Gasteiger charge is -2.14. The Kier molecular flexibility index (Phi) is 7.77. The van der Waals surface area contributed by atoms with Gasteiger partial charge in [-0.2, -0.15) is 0 Å². The Hall–Kier alpha value is -5.52. The Morgan fingerprint density at radius 3 is 2.23 bits per heavy atom. The highest BCUT2D eigenvalue weighted by Gasteiger charge is 2.19. The van der Waals surface area contributed by atoms with Crippen molar-refractivity contribution in [2.24, 2.45) is 5.84 Å². The molecule has 5 aromatic rings. The number of nitrogens with zero attached hydrogens (tertiary/aromatic N) is 2. The molecule has 5 N–H and O–H groups in total. The van der Waals surface area contributed by atoms with Crippen LogP contribution in [-0.2, 0) is 4.79 Å². The van der Waals surface area contributed by atoms with Gasteiger partial charge in [-0.25, -0.2) is 10.8 Å². The lowest BCUT2D eigenvalue weighted by molar-refractivity contribution is -0.138. The van der Waals surface area contributed by atoms with Gasteiger partial charge in [-0.15, -0.1) is 0 Å². The number of carboxylic acids is 1. The average molecular weight is 528 g/mol. The Labute approximate surface area is 230 Å². The van der Waals surface area contributed by atoms with E-state index in [1.165, 1.54) is 0 Å². The molecule has 0 saturated heterocycles. The third kappa shape index (κ3) is 5.96. The van der Waals surface area contributed by atoms with Gasteiger partial charge in [0.15, 0.2) is 0 Å². The number of carboxylic acid groups (broad SMARTS) is 1. The number of aliphatic carboxylic acids is 1. The van der Waals surface area contributed by atoms with Crippen LogP contribution in [0.15, 0.2) is 103 Å². The van der Waals surface area contributed by atoms with E-state index in [1.807, 2.05) is 78.9 Å². The van der Waals surface area contributed by atoms with Gasteiger partial charge in [0.2, 0.25) is 0 Å². The van der Waals surface area contributed by atoms with Crippen LogP contribution in [0.4, 0.5) is 5.69 Å². The van der Waals surface area contributed by atoms with Gasteiger partial charge >= 0.3 is 5.97 Å². The lowest BCUT2D eigenvalue weighted by Crippen LogP contribution is -2.30. The number of hydrazine groups is 1. The van der Waals surface area contributed by atoms with Gasteiger partial charge in [-0.05, 0) is 54.1 Å². The van der Waals surface area contributed by atoms with Gasteiger partial charge in [0.25, 0.3) is 5.91 Å². The number of benzene rings is 3. The number of anilines is 1. The summed E-state index contributed by atoms with van der Waals surface area (Å²) < 4.78 is 0. The third-order valence-electron chi connectivity index (χ3n) is 6.41. The molecule has 0 fully saturated rings. The number of pyridine rings is 2. The minimum atomic E-state index is -0.873. The first-order valence-corrected chi connectivity index (χ1v) is 12.5. The fourth-order valence-corrected chi connectivity index (χ4v) is 4.28. The van der Waals surface area contributed by atoms with E-state index < -0.39 is 17.8 Å². The molecule has 2 aromatic heterocycles. The zero-order chi connectivity index (χ0) is 27.9. The van der Waals surface area contributed by atoms with Crippen LogP contribution in [0.1, 0.15) is 33.0 Å². The van der Waals surface area contributed by atoms with Crippen LogP contribution in [0.25, 0.3) is 22.2 Å². The molecule has 8 nitrogen and oxygen atoms in total. The number of amides is 1. The summed E-state index contributed by atoms with van der Waals surface area (Å²) in [7, 11) is 0. The summed E-state index contributed by atoms with van der Waals surface area (Å²) in [5.41, 5.74) is 7.92. The molecule has 0 aliphatic heterocycles. The van der Waals surface area contributed by atoms with Crippen LogP contribution in [0.5, 0.6) is 0 Å². The summed E-state index contributed by atoms with van der Waals surface area (Å²) in [6.45, 7) is 0.276. The van der Waals surface area contributed by atoms with E-state index in [0.717, 1.165) is 27.9 Å². The number of hydrogen-bond acceptors (Lipinski definition) is 6. The van der Waals surface area contributed by atoms with Gasteiger partial charge < -0.3 is 10.4 Å². The van der Waals surface area contributed by atoms with Crippen molar-refractivity contribution in [1.82, 2.24) is 15.4 Å². The van der Waals surface area contributed by atoms with Crippen LogP contribution in [0.2, 0.25) is 0 Å². The summed E-state index contributed by atoms with van der Waals surface area (Å²) in [4.78, 5) is 32.8. The predicted octanol–water partition coefficient (Wildman–Crippen LogP) is 4.58. The standard InChI is InChI=1S/C32H25N5O3/c33-37-31(38)26-18-30(36-29-16-17-34-19-28(26)29)24-12-8-21(9-13-24)6-7-22-10-14-25(15-11-22)35-20-27(32(39)40)23-4-2-1-3-5-23/h1-5,8-19,27,35H,20,33H2,(H,37,38)(H,39,40). The molecule has 8 heteroatoms. The molecule has 5 rings (SSSR count). The zero-order valence-electron chi connectivity index (χ0n) is 21.3. The van der Waals surface area contributed by atoms with Crippen molar-refractivity contribution in [3.8, 4) is 23.1 Å². The SMILES string of the molecule is NNC(=O)c1cc(-c2ccc(C#Cc3ccc(NCC(C(=O)O)c4ccccc4)cc3)cc2)nc2ccncc12. The Morgan fingerprint density at radius 2 is 1.57 bits per heavy atom. The molecule has 196 valence electrons. The van der Waals surface area contributed by atoms with Crippen LogP contribution >= 0.6 is 0 Å². The molecule has 0 aliphatic rings. The van der Waals surface area contributed by atoms with E-state index in [-0.39, 0.29) is 6.54 Å². The van der Waals surface area contributed by atoms with Crippen LogP contribution < -0.4 is 16.6 Å². The number of carbonyl (C=O) groups is 2. The van der Waals surface area contributed by atoms with Crippen LogP contribution in [0, 0.1) is 11.8 Å². The average Bonchev–Trinajstić information content (AvgIpc) is 3.00. The number of rotatable bonds is 7. The van der Waals surface area contributed by atoms with Gasteiger partial charge in [-0.3, -0.25) is 20.0 Å². The molecule has 0 bridgehead atoms. The second-order valence-electron chi connectivity index (χ2n) is 9.01. The summed E-state index contributed by atoms with van der Waals surface area (Å²) in [5, 5.41) is 13.4. The van der Waals surface area contributed by atoms with E-state index >= 15 is 0 Å². The molecule has 0 spiro atoms. The van der Waals surface area contributed by atoms with E-state index in [0.29, 0.717) is 22.2 Å². The monoisotopic (exact) mass is 527 g/mol. The first kappa shape index (κ1) is 26.1. The van der Waals surface area contributed by atoms with Gasteiger partial charge in [0, 0.05) is 46.7 Å². The molecule has 0 aliphatic carbocycles. The maximum absolute atomic E-state index is 12.3. The van der Waals surface area contributed by atoms with Crippen molar-refractivity contribution in [1.29, 1.82) is 0 Å². The Morgan fingerprint density at radius 1 is 0.900 bits per heavy atom. The molecule has 1 atom stereocenters. The number of nitrogens with one attached hydrogen (secondary N) is 2. The zero-order valence-corrected chi connectivity index (χ0v) is 21.3. The summed E-state index contributed by atoms with van der Waals surface area (Å²) >= 11 is 0. The number of nitrogen functional groups attached to an aromatic ring is 1. The van der Waals surface area contributed by atoms with Gasteiger partial charge in [0.05, 0.1) is 22.7 Å².